The summed E-state index contributed by atoms with van der Waals surface area (Å²) >= 11 is 0. The molecule has 4 nitrogen and oxygen atoms in total. The van der Waals surface area contributed by atoms with E-state index in [1.165, 1.54) is 0 Å². The van der Waals surface area contributed by atoms with Gasteiger partial charge in [-0.1, -0.05) is 0 Å². The molecule has 1 rings (SSSR count). The third kappa shape index (κ3) is 3.15. The maximum Gasteiger partial charge on any atom is 0.260 e. The molecule has 0 aliphatic heterocycles. The SMILES string of the molecule is CCN(C)C(=O)COc1ccc(N)cc1C. The lowest BCUT2D eigenvalue weighted by molar-refractivity contribution is -0.131. The monoisotopic (exact) mass is 222 g/mol. The molecule has 0 aliphatic rings. The maximum absolute atomic E-state index is 11.5. The van der Waals surface area contributed by atoms with Crippen LogP contribution in [0.5, 0.6) is 5.75 Å². The Labute approximate surface area is 96.0 Å². The number of aryl methyl sites for hydroxylation is 1. The first-order valence-corrected chi connectivity index (χ1v) is 5.27. The number of rotatable bonds is 4. The predicted molar refractivity (Wildman–Crippen MR) is 64.4 cm³/mol. The molecule has 4 heteroatoms. The van der Waals surface area contributed by atoms with Gasteiger partial charge in [0.25, 0.3) is 5.91 Å². The highest BCUT2D eigenvalue weighted by molar-refractivity contribution is 5.77. The van der Waals surface area contributed by atoms with Crippen molar-refractivity contribution in [1.82, 2.24) is 4.90 Å². The fourth-order valence-corrected chi connectivity index (χ4v) is 1.26. The Hall–Kier alpha value is -1.71. The van der Waals surface area contributed by atoms with Crippen molar-refractivity contribution in [1.29, 1.82) is 0 Å². The summed E-state index contributed by atoms with van der Waals surface area (Å²) < 4.78 is 5.43. The predicted octanol–water partition coefficient (Wildman–Crippen LogP) is 1.43. The topological polar surface area (TPSA) is 55.6 Å². The van der Waals surface area contributed by atoms with Crippen LogP contribution in [-0.4, -0.2) is 31.0 Å². The van der Waals surface area contributed by atoms with Crippen LogP contribution >= 0.6 is 0 Å². The molecular weight excluding hydrogens is 204 g/mol. The smallest absolute Gasteiger partial charge is 0.260 e. The molecule has 0 atom stereocenters. The number of carbonyl (C=O) groups is 1. The first-order chi connectivity index (χ1) is 7.54. The van der Waals surface area contributed by atoms with Gasteiger partial charge in [0.05, 0.1) is 0 Å². The molecule has 0 radical (unpaired) electrons. The quantitative estimate of drug-likeness (QED) is 0.784. The average Bonchev–Trinajstić information content (AvgIpc) is 2.26. The van der Waals surface area contributed by atoms with Gasteiger partial charge in [0.1, 0.15) is 5.75 Å². The van der Waals surface area contributed by atoms with E-state index in [1.54, 1.807) is 24.1 Å². The number of nitrogens with zero attached hydrogens (tertiary/aromatic N) is 1. The summed E-state index contributed by atoms with van der Waals surface area (Å²) in [5.41, 5.74) is 7.26. The number of anilines is 1. The van der Waals surface area contributed by atoms with Crippen LogP contribution in [0.2, 0.25) is 0 Å². The number of hydrogen-bond donors (Lipinski definition) is 1. The van der Waals surface area contributed by atoms with E-state index in [2.05, 4.69) is 0 Å². The standard InChI is InChI=1S/C12H18N2O2/c1-4-14(3)12(15)8-16-11-6-5-10(13)7-9(11)2/h5-7H,4,8,13H2,1-3H3. The molecule has 0 unspecified atom stereocenters. The number of benzene rings is 1. The molecule has 1 aromatic rings. The second-order valence-electron chi connectivity index (χ2n) is 3.72. The first-order valence-electron chi connectivity index (χ1n) is 5.27. The summed E-state index contributed by atoms with van der Waals surface area (Å²) in [7, 11) is 1.75. The van der Waals surface area contributed by atoms with E-state index in [9.17, 15) is 4.79 Å². The molecule has 2 N–H and O–H groups in total. The number of likely N-dealkylation sites (N-methyl/N-ethyl adjacent to an activating group) is 1. The molecule has 88 valence electrons. The molecule has 0 saturated carbocycles. The molecule has 16 heavy (non-hydrogen) atoms. The first kappa shape index (κ1) is 12.4. The van der Waals surface area contributed by atoms with Crippen molar-refractivity contribution in [3.8, 4) is 5.75 Å². The molecule has 0 aromatic heterocycles. The van der Waals surface area contributed by atoms with Crippen molar-refractivity contribution in [3.63, 3.8) is 0 Å². The van der Waals surface area contributed by atoms with Crippen molar-refractivity contribution >= 4 is 11.6 Å². The fraction of sp³-hybridized carbons (Fsp3) is 0.417. The van der Waals surface area contributed by atoms with E-state index in [4.69, 9.17) is 10.5 Å². The number of ether oxygens (including phenoxy) is 1. The van der Waals surface area contributed by atoms with E-state index in [0.717, 1.165) is 5.56 Å². The minimum atomic E-state index is -0.0290. The van der Waals surface area contributed by atoms with E-state index in [-0.39, 0.29) is 12.5 Å². The summed E-state index contributed by atoms with van der Waals surface area (Å²) in [6.45, 7) is 4.57. The average molecular weight is 222 g/mol. The van der Waals surface area contributed by atoms with Crippen LogP contribution in [0.15, 0.2) is 18.2 Å². The van der Waals surface area contributed by atoms with Crippen molar-refractivity contribution in [2.24, 2.45) is 0 Å². The Bertz CT molecular complexity index is 377. The Morgan fingerprint density at radius 2 is 2.19 bits per heavy atom. The molecule has 0 saturated heterocycles. The lowest BCUT2D eigenvalue weighted by Crippen LogP contribution is -2.31. The highest BCUT2D eigenvalue weighted by Crippen LogP contribution is 2.19. The van der Waals surface area contributed by atoms with Crippen molar-refractivity contribution in [3.05, 3.63) is 23.8 Å². The highest BCUT2D eigenvalue weighted by atomic mass is 16.5. The fourth-order valence-electron chi connectivity index (χ4n) is 1.26. The largest absolute Gasteiger partial charge is 0.483 e. The Balaban J connectivity index is 2.58. The Morgan fingerprint density at radius 3 is 2.75 bits per heavy atom. The van der Waals surface area contributed by atoms with Gasteiger partial charge in [-0.25, -0.2) is 0 Å². The third-order valence-electron chi connectivity index (χ3n) is 2.45. The second kappa shape index (κ2) is 5.39. The van der Waals surface area contributed by atoms with E-state index >= 15 is 0 Å². The van der Waals surface area contributed by atoms with Crippen molar-refractivity contribution < 1.29 is 9.53 Å². The van der Waals surface area contributed by atoms with Gasteiger partial charge < -0.3 is 15.4 Å². The molecular formula is C12H18N2O2. The van der Waals surface area contributed by atoms with E-state index in [1.807, 2.05) is 19.9 Å². The molecule has 1 aromatic carbocycles. The summed E-state index contributed by atoms with van der Waals surface area (Å²) in [4.78, 5) is 13.1. The highest BCUT2D eigenvalue weighted by Gasteiger charge is 2.08. The van der Waals surface area contributed by atoms with Gasteiger partial charge in [-0.15, -0.1) is 0 Å². The van der Waals surface area contributed by atoms with Crippen LogP contribution in [0.25, 0.3) is 0 Å². The molecule has 0 aliphatic carbocycles. The molecule has 1 amide bonds. The zero-order valence-corrected chi connectivity index (χ0v) is 9.99. The van der Waals surface area contributed by atoms with E-state index < -0.39 is 0 Å². The van der Waals surface area contributed by atoms with Crippen LogP contribution in [0.1, 0.15) is 12.5 Å². The molecule has 0 fully saturated rings. The van der Waals surface area contributed by atoms with Gasteiger partial charge in [0.15, 0.2) is 6.61 Å². The summed E-state index contributed by atoms with van der Waals surface area (Å²) in [6, 6.07) is 5.36. The van der Waals surface area contributed by atoms with Crippen LogP contribution < -0.4 is 10.5 Å². The minimum absolute atomic E-state index is 0.0290. The number of amides is 1. The van der Waals surface area contributed by atoms with Gasteiger partial charge in [0, 0.05) is 19.3 Å². The van der Waals surface area contributed by atoms with Gasteiger partial charge in [-0.3, -0.25) is 4.79 Å². The third-order valence-corrected chi connectivity index (χ3v) is 2.45. The normalized spacial score (nSPS) is 9.94. The zero-order chi connectivity index (χ0) is 12.1. The maximum atomic E-state index is 11.5. The molecule has 0 bridgehead atoms. The van der Waals surface area contributed by atoms with Gasteiger partial charge in [0.2, 0.25) is 0 Å². The second-order valence-corrected chi connectivity index (χ2v) is 3.72. The van der Waals surface area contributed by atoms with Crippen molar-refractivity contribution in [2.45, 2.75) is 13.8 Å². The number of carbonyl (C=O) groups excluding carboxylic acids is 1. The lowest BCUT2D eigenvalue weighted by Gasteiger charge is -2.15. The van der Waals surface area contributed by atoms with Gasteiger partial charge in [-0.05, 0) is 37.6 Å². The van der Waals surface area contributed by atoms with Gasteiger partial charge in [-0.2, -0.15) is 0 Å². The number of nitrogen functional groups attached to an aromatic ring is 1. The minimum Gasteiger partial charge on any atom is -0.483 e. The van der Waals surface area contributed by atoms with Crippen LogP contribution in [0.4, 0.5) is 5.69 Å². The van der Waals surface area contributed by atoms with Crippen LogP contribution in [0.3, 0.4) is 0 Å². The van der Waals surface area contributed by atoms with Crippen molar-refractivity contribution in [2.75, 3.05) is 25.9 Å². The van der Waals surface area contributed by atoms with Crippen LogP contribution in [-0.2, 0) is 4.79 Å². The van der Waals surface area contributed by atoms with Gasteiger partial charge >= 0.3 is 0 Å². The lowest BCUT2D eigenvalue weighted by atomic mass is 10.2. The Kier molecular flexibility index (Phi) is 4.17. The zero-order valence-electron chi connectivity index (χ0n) is 9.99. The number of nitrogens with two attached hydrogens (primary N) is 1. The van der Waals surface area contributed by atoms with E-state index in [0.29, 0.717) is 18.0 Å². The summed E-state index contributed by atoms with van der Waals surface area (Å²) in [5.74, 6) is 0.672. The number of hydrogen-bond acceptors (Lipinski definition) is 3. The molecule has 0 spiro atoms. The summed E-state index contributed by atoms with van der Waals surface area (Å²) in [5, 5.41) is 0. The van der Waals surface area contributed by atoms with Crippen LogP contribution in [0, 0.1) is 6.92 Å². The Morgan fingerprint density at radius 1 is 1.50 bits per heavy atom. The molecule has 0 heterocycles. The summed E-state index contributed by atoms with van der Waals surface area (Å²) in [6.07, 6.45) is 0.